The number of carbonyl (C=O) groups excluding carboxylic acids is 1. The molecule has 1 aliphatic carbocycles. The van der Waals surface area contributed by atoms with Crippen molar-refractivity contribution in [3.8, 4) is 0 Å². The number of carboxylic acid groups (broad SMARTS) is 1. The van der Waals surface area contributed by atoms with Crippen LogP contribution in [0.2, 0.25) is 0 Å². The van der Waals surface area contributed by atoms with Gasteiger partial charge in [-0.25, -0.2) is 13.2 Å². The Bertz CT molecular complexity index is 676. The van der Waals surface area contributed by atoms with E-state index in [2.05, 4.69) is 0 Å². The van der Waals surface area contributed by atoms with Crippen LogP contribution in [0.1, 0.15) is 35.7 Å². The monoisotopic (exact) mass is 325 g/mol. The third-order valence-corrected chi connectivity index (χ3v) is 4.44. The van der Waals surface area contributed by atoms with Crippen LogP contribution in [0.15, 0.2) is 24.3 Å². The fourth-order valence-corrected chi connectivity index (χ4v) is 3.12. The van der Waals surface area contributed by atoms with Gasteiger partial charge in [-0.1, -0.05) is 12.1 Å². The van der Waals surface area contributed by atoms with E-state index in [1.165, 1.54) is 11.8 Å². The van der Waals surface area contributed by atoms with Gasteiger partial charge in [0, 0.05) is 17.9 Å². The molecule has 1 amide bonds. The maximum absolute atomic E-state index is 12.5. The molecule has 1 aromatic carbocycles. The third-order valence-electron chi connectivity index (χ3n) is 3.58. The molecule has 0 spiro atoms. The predicted octanol–water partition coefficient (Wildman–Crippen LogP) is 1.31. The lowest BCUT2D eigenvalue weighted by Crippen LogP contribution is -2.44. The summed E-state index contributed by atoms with van der Waals surface area (Å²) in [6, 6.07) is 5.37. The Kier molecular flexibility index (Phi) is 4.55. The number of nitrogens with zero attached hydrogens (tertiary/aromatic N) is 1. The highest BCUT2D eigenvalue weighted by Gasteiger charge is 2.38. The highest BCUT2D eigenvalue weighted by molar-refractivity contribution is 7.89. The topological polar surface area (TPSA) is 91.8 Å². The molecule has 1 saturated carbocycles. The summed E-state index contributed by atoms with van der Waals surface area (Å²) in [6.45, 7) is 1.50. The number of sulfone groups is 1. The fraction of sp³-hybridized carbons (Fsp3) is 0.467. The van der Waals surface area contributed by atoms with Gasteiger partial charge in [-0.05, 0) is 37.5 Å². The van der Waals surface area contributed by atoms with Gasteiger partial charge in [-0.3, -0.25) is 4.79 Å². The summed E-state index contributed by atoms with van der Waals surface area (Å²) in [4.78, 5) is 25.1. The third kappa shape index (κ3) is 4.07. The Hall–Kier alpha value is -1.89. The van der Waals surface area contributed by atoms with Crippen LogP contribution in [0.4, 0.5) is 0 Å². The molecule has 0 aliphatic heterocycles. The molecule has 0 heterocycles. The van der Waals surface area contributed by atoms with Crippen molar-refractivity contribution in [1.29, 1.82) is 0 Å². The second-order valence-corrected chi connectivity index (χ2v) is 7.87. The van der Waals surface area contributed by atoms with Crippen LogP contribution in [0.5, 0.6) is 0 Å². The highest BCUT2D eigenvalue weighted by atomic mass is 32.2. The van der Waals surface area contributed by atoms with Crippen molar-refractivity contribution in [1.82, 2.24) is 4.90 Å². The largest absolute Gasteiger partial charge is 0.480 e. The summed E-state index contributed by atoms with van der Waals surface area (Å²) < 4.78 is 22.5. The van der Waals surface area contributed by atoms with Crippen molar-refractivity contribution in [3.63, 3.8) is 0 Å². The molecule has 0 bridgehead atoms. The van der Waals surface area contributed by atoms with Gasteiger partial charge in [-0.15, -0.1) is 0 Å². The van der Waals surface area contributed by atoms with Crippen LogP contribution in [-0.4, -0.2) is 48.6 Å². The summed E-state index contributed by atoms with van der Waals surface area (Å²) in [5.41, 5.74) is 0.973. The summed E-state index contributed by atoms with van der Waals surface area (Å²) in [6.07, 6.45) is 2.78. The van der Waals surface area contributed by atoms with E-state index in [9.17, 15) is 18.0 Å². The zero-order valence-electron chi connectivity index (χ0n) is 12.5. The minimum Gasteiger partial charge on any atom is -0.480 e. The number of benzene rings is 1. The molecule has 1 fully saturated rings. The van der Waals surface area contributed by atoms with Crippen LogP contribution in [0, 0.1) is 0 Å². The van der Waals surface area contributed by atoms with E-state index in [4.69, 9.17) is 5.11 Å². The number of hydrogen-bond acceptors (Lipinski definition) is 4. The Balaban J connectivity index is 2.19. The van der Waals surface area contributed by atoms with Crippen molar-refractivity contribution in [2.45, 2.75) is 37.6 Å². The summed E-state index contributed by atoms with van der Waals surface area (Å²) >= 11 is 0. The van der Waals surface area contributed by atoms with Crippen molar-refractivity contribution >= 4 is 21.7 Å². The predicted molar refractivity (Wildman–Crippen MR) is 81.3 cm³/mol. The van der Waals surface area contributed by atoms with Crippen LogP contribution in [-0.2, 0) is 20.4 Å². The maximum Gasteiger partial charge on any atom is 0.326 e. The first kappa shape index (κ1) is 16.5. The van der Waals surface area contributed by atoms with Gasteiger partial charge in [0.1, 0.15) is 6.04 Å². The van der Waals surface area contributed by atoms with Gasteiger partial charge in [0.25, 0.3) is 5.91 Å². The molecular formula is C15H19NO5S. The van der Waals surface area contributed by atoms with Crippen LogP contribution in [0.3, 0.4) is 0 Å². The standard InChI is InChI=1S/C15H19NO5S/c1-10(15(18)19)16(13-7-8-13)14(17)12-5-3-11(4-6-12)9-22(2,20)21/h3-6,10,13H,7-9H2,1-2H3,(H,18,19). The van der Waals surface area contributed by atoms with E-state index >= 15 is 0 Å². The number of amides is 1. The lowest BCUT2D eigenvalue weighted by Gasteiger charge is -2.26. The lowest BCUT2D eigenvalue weighted by molar-refractivity contribution is -0.141. The SMILES string of the molecule is CC(C(=O)O)N(C(=O)c1ccc(CS(C)(=O)=O)cc1)C1CC1. The minimum absolute atomic E-state index is 0.0192. The number of rotatable bonds is 6. The molecule has 1 N–H and O–H groups in total. The Labute approximate surface area is 129 Å². The zero-order chi connectivity index (χ0) is 16.5. The molecule has 1 aliphatic rings. The molecule has 1 unspecified atom stereocenters. The molecule has 22 heavy (non-hydrogen) atoms. The molecule has 0 aromatic heterocycles. The number of carbonyl (C=O) groups is 2. The maximum atomic E-state index is 12.5. The summed E-state index contributed by atoms with van der Waals surface area (Å²) in [7, 11) is -3.13. The molecule has 0 radical (unpaired) electrons. The van der Waals surface area contributed by atoms with Gasteiger partial charge in [0.15, 0.2) is 9.84 Å². The normalized spacial score (nSPS) is 16.1. The van der Waals surface area contributed by atoms with Crippen LogP contribution < -0.4 is 0 Å². The average Bonchev–Trinajstić information content (AvgIpc) is 3.22. The molecular weight excluding hydrogens is 306 g/mol. The van der Waals surface area contributed by atoms with E-state index in [-0.39, 0.29) is 17.7 Å². The van der Waals surface area contributed by atoms with Gasteiger partial charge >= 0.3 is 5.97 Å². The van der Waals surface area contributed by atoms with E-state index in [0.29, 0.717) is 11.1 Å². The van der Waals surface area contributed by atoms with Crippen molar-refractivity contribution < 1.29 is 23.1 Å². The molecule has 1 aromatic rings. The first-order chi connectivity index (χ1) is 10.2. The smallest absolute Gasteiger partial charge is 0.326 e. The van der Waals surface area contributed by atoms with Gasteiger partial charge < -0.3 is 10.0 Å². The van der Waals surface area contributed by atoms with Gasteiger partial charge in [-0.2, -0.15) is 0 Å². The Morgan fingerprint density at radius 2 is 1.82 bits per heavy atom. The summed E-state index contributed by atoms with van der Waals surface area (Å²) in [5.74, 6) is -1.45. The molecule has 2 rings (SSSR count). The quantitative estimate of drug-likeness (QED) is 0.851. The number of carboxylic acids is 1. The highest BCUT2D eigenvalue weighted by Crippen LogP contribution is 2.30. The lowest BCUT2D eigenvalue weighted by atomic mass is 10.1. The van der Waals surface area contributed by atoms with Crippen LogP contribution >= 0.6 is 0 Å². The molecule has 6 nitrogen and oxygen atoms in total. The van der Waals surface area contributed by atoms with Crippen molar-refractivity contribution in [3.05, 3.63) is 35.4 Å². The fourth-order valence-electron chi connectivity index (χ4n) is 2.32. The van der Waals surface area contributed by atoms with Crippen LogP contribution in [0.25, 0.3) is 0 Å². The average molecular weight is 325 g/mol. The minimum atomic E-state index is -3.13. The van der Waals surface area contributed by atoms with E-state index in [0.717, 1.165) is 19.1 Å². The van der Waals surface area contributed by atoms with Gasteiger partial charge in [0.05, 0.1) is 5.75 Å². The van der Waals surface area contributed by atoms with Gasteiger partial charge in [0.2, 0.25) is 0 Å². The summed E-state index contributed by atoms with van der Waals surface area (Å²) in [5, 5.41) is 9.14. The molecule has 7 heteroatoms. The van der Waals surface area contributed by atoms with Crippen molar-refractivity contribution in [2.75, 3.05) is 6.26 Å². The molecule has 1 atom stereocenters. The second kappa shape index (κ2) is 6.08. The number of aliphatic carboxylic acids is 1. The Morgan fingerprint density at radius 1 is 1.27 bits per heavy atom. The molecule has 120 valence electrons. The van der Waals surface area contributed by atoms with E-state index in [1.54, 1.807) is 24.3 Å². The van der Waals surface area contributed by atoms with Crippen molar-refractivity contribution in [2.24, 2.45) is 0 Å². The molecule has 0 saturated heterocycles. The van der Waals surface area contributed by atoms with E-state index < -0.39 is 21.8 Å². The Morgan fingerprint density at radius 3 is 2.23 bits per heavy atom. The first-order valence-corrected chi connectivity index (χ1v) is 9.07. The van der Waals surface area contributed by atoms with E-state index in [1.807, 2.05) is 0 Å². The zero-order valence-corrected chi connectivity index (χ0v) is 13.3. The number of hydrogen-bond donors (Lipinski definition) is 1. The second-order valence-electron chi connectivity index (χ2n) is 5.72. The first-order valence-electron chi connectivity index (χ1n) is 7.01.